The molecule has 0 spiro atoms. The smallest absolute Gasteiger partial charge is 0.256 e. The Morgan fingerprint density at radius 2 is 1.80 bits per heavy atom. The highest BCUT2D eigenvalue weighted by Crippen LogP contribution is 2.26. The lowest BCUT2D eigenvalue weighted by Gasteiger charge is -2.08. The molecular formula is C22H20N6O2. The van der Waals surface area contributed by atoms with Crippen LogP contribution in [0.1, 0.15) is 15.9 Å². The molecule has 0 atom stereocenters. The maximum absolute atomic E-state index is 12.0. The summed E-state index contributed by atoms with van der Waals surface area (Å²) in [5.41, 5.74) is 9.37. The number of nitrogens with zero attached hydrogens (tertiary/aromatic N) is 2. The minimum Gasteiger partial charge on any atom is -0.508 e. The van der Waals surface area contributed by atoms with Crippen LogP contribution in [-0.4, -0.2) is 26.2 Å². The van der Waals surface area contributed by atoms with Crippen molar-refractivity contribution in [2.24, 2.45) is 5.73 Å². The van der Waals surface area contributed by atoms with E-state index in [0.29, 0.717) is 18.2 Å². The van der Waals surface area contributed by atoms with Gasteiger partial charge >= 0.3 is 0 Å². The number of amides is 1. The third-order valence-electron chi connectivity index (χ3n) is 4.53. The van der Waals surface area contributed by atoms with Gasteiger partial charge in [-0.3, -0.25) is 14.9 Å². The molecule has 6 N–H and O–H groups in total. The summed E-state index contributed by atoms with van der Waals surface area (Å²) < 4.78 is 0. The minimum absolute atomic E-state index is 0.193. The Hall–Kier alpha value is -4.33. The van der Waals surface area contributed by atoms with E-state index in [1.807, 2.05) is 42.5 Å². The first kappa shape index (κ1) is 19.0. The normalized spacial score (nSPS) is 10.5. The zero-order chi connectivity index (χ0) is 20.9. The molecule has 2 aromatic carbocycles. The Morgan fingerprint density at radius 3 is 2.47 bits per heavy atom. The van der Waals surface area contributed by atoms with Gasteiger partial charge in [-0.1, -0.05) is 30.3 Å². The molecule has 0 aliphatic carbocycles. The standard InChI is InChI=1S/C22H20N6O2/c23-20(30)19-21(25-13-14-4-10-17(29)11-5-14)27-28-22(19)26-16-8-6-15(7-9-16)18-3-1-2-12-24-18/h1-12,29H,13H2,(H2,23,30)(H3,25,26,27,28). The van der Waals surface area contributed by atoms with Crippen molar-refractivity contribution >= 4 is 23.2 Å². The van der Waals surface area contributed by atoms with Gasteiger partial charge in [0, 0.05) is 24.0 Å². The lowest BCUT2D eigenvalue weighted by Crippen LogP contribution is -2.15. The molecule has 0 fully saturated rings. The highest BCUT2D eigenvalue weighted by molar-refractivity contribution is 6.03. The number of H-pyrrole nitrogens is 1. The van der Waals surface area contributed by atoms with Crippen LogP contribution in [0, 0.1) is 0 Å². The van der Waals surface area contributed by atoms with Gasteiger partial charge in [-0.05, 0) is 42.0 Å². The van der Waals surface area contributed by atoms with Crippen LogP contribution in [0.15, 0.2) is 72.9 Å². The number of hydrogen-bond acceptors (Lipinski definition) is 6. The summed E-state index contributed by atoms with van der Waals surface area (Å²) in [4.78, 5) is 16.4. The van der Waals surface area contributed by atoms with Crippen molar-refractivity contribution < 1.29 is 9.90 Å². The fraction of sp³-hybridized carbons (Fsp3) is 0.0455. The van der Waals surface area contributed by atoms with Gasteiger partial charge < -0.3 is 21.5 Å². The van der Waals surface area contributed by atoms with E-state index in [1.54, 1.807) is 30.5 Å². The third kappa shape index (κ3) is 4.22. The first-order valence-corrected chi connectivity index (χ1v) is 9.28. The number of aromatic amines is 1. The topological polar surface area (TPSA) is 129 Å². The number of phenols is 1. The zero-order valence-corrected chi connectivity index (χ0v) is 16.0. The van der Waals surface area contributed by atoms with Crippen LogP contribution in [0.4, 0.5) is 17.3 Å². The number of hydrogen-bond donors (Lipinski definition) is 5. The van der Waals surface area contributed by atoms with Crippen molar-refractivity contribution in [3.63, 3.8) is 0 Å². The van der Waals surface area contributed by atoms with E-state index in [-0.39, 0.29) is 11.3 Å². The number of aromatic nitrogens is 3. The van der Waals surface area contributed by atoms with Crippen LogP contribution < -0.4 is 16.4 Å². The Labute approximate surface area is 172 Å². The molecule has 0 bridgehead atoms. The number of nitrogens with one attached hydrogen (secondary N) is 3. The number of rotatable bonds is 7. The first-order valence-electron chi connectivity index (χ1n) is 9.28. The van der Waals surface area contributed by atoms with Crippen LogP contribution in [0.5, 0.6) is 5.75 Å². The second-order valence-corrected chi connectivity index (χ2v) is 6.62. The van der Waals surface area contributed by atoms with Gasteiger partial charge in [0.15, 0.2) is 5.82 Å². The quantitative estimate of drug-likeness (QED) is 0.322. The van der Waals surface area contributed by atoms with E-state index in [9.17, 15) is 9.90 Å². The molecule has 30 heavy (non-hydrogen) atoms. The molecule has 8 nitrogen and oxygen atoms in total. The maximum atomic E-state index is 12.0. The summed E-state index contributed by atoms with van der Waals surface area (Å²) >= 11 is 0. The van der Waals surface area contributed by atoms with E-state index in [4.69, 9.17) is 5.73 Å². The Morgan fingerprint density at radius 1 is 1.03 bits per heavy atom. The van der Waals surface area contributed by atoms with Crippen molar-refractivity contribution in [3.05, 3.63) is 84.1 Å². The summed E-state index contributed by atoms with van der Waals surface area (Å²) in [7, 11) is 0. The van der Waals surface area contributed by atoms with Gasteiger partial charge in [0.2, 0.25) is 0 Å². The number of nitrogens with two attached hydrogens (primary N) is 1. The SMILES string of the molecule is NC(=O)c1c(Nc2ccc(-c3ccccn3)cc2)n[nH]c1NCc1ccc(O)cc1. The highest BCUT2D eigenvalue weighted by Gasteiger charge is 2.18. The van der Waals surface area contributed by atoms with E-state index in [2.05, 4.69) is 25.8 Å². The number of anilines is 3. The van der Waals surface area contributed by atoms with Crippen molar-refractivity contribution in [2.45, 2.75) is 6.54 Å². The monoisotopic (exact) mass is 400 g/mol. The molecular weight excluding hydrogens is 380 g/mol. The fourth-order valence-corrected chi connectivity index (χ4v) is 3.00. The lowest BCUT2D eigenvalue weighted by atomic mass is 10.1. The second kappa shape index (κ2) is 8.36. The molecule has 0 unspecified atom stereocenters. The summed E-state index contributed by atoms with van der Waals surface area (Å²) in [6.45, 7) is 0.432. The summed E-state index contributed by atoms with van der Waals surface area (Å²) in [5.74, 6) is 0.340. The van der Waals surface area contributed by atoms with Gasteiger partial charge in [-0.15, -0.1) is 0 Å². The van der Waals surface area contributed by atoms with Gasteiger partial charge in [0.25, 0.3) is 5.91 Å². The highest BCUT2D eigenvalue weighted by atomic mass is 16.3. The number of phenolic OH excluding ortho intramolecular Hbond substituents is 1. The van der Waals surface area contributed by atoms with Crippen molar-refractivity contribution in [2.75, 3.05) is 10.6 Å². The second-order valence-electron chi connectivity index (χ2n) is 6.62. The van der Waals surface area contributed by atoms with Crippen molar-refractivity contribution in [1.82, 2.24) is 15.2 Å². The number of carbonyl (C=O) groups excluding carboxylic acids is 1. The van der Waals surface area contributed by atoms with Crippen molar-refractivity contribution in [3.8, 4) is 17.0 Å². The number of carbonyl (C=O) groups is 1. The average Bonchev–Trinajstić information content (AvgIpc) is 3.17. The molecule has 0 aliphatic heterocycles. The number of primary amides is 1. The number of benzene rings is 2. The van der Waals surface area contributed by atoms with Gasteiger partial charge in [0.05, 0.1) is 5.69 Å². The molecule has 4 aromatic rings. The van der Waals surface area contributed by atoms with E-state index >= 15 is 0 Å². The lowest BCUT2D eigenvalue weighted by molar-refractivity contribution is 0.100. The summed E-state index contributed by atoms with van der Waals surface area (Å²) in [5, 5.41) is 22.6. The van der Waals surface area contributed by atoms with Crippen molar-refractivity contribution in [1.29, 1.82) is 0 Å². The molecule has 150 valence electrons. The summed E-state index contributed by atoms with van der Waals surface area (Å²) in [6.07, 6.45) is 1.75. The largest absolute Gasteiger partial charge is 0.508 e. The molecule has 0 saturated carbocycles. The predicted molar refractivity (Wildman–Crippen MR) is 115 cm³/mol. The van der Waals surface area contributed by atoms with Crippen LogP contribution in [0.3, 0.4) is 0 Å². The van der Waals surface area contributed by atoms with Crippen LogP contribution in [0.25, 0.3) is 11.3 Å². The van der Waals surface area contributed by atoms with Crippen LogP contribution in [0.2, 0.25) is 0 Å². The number of aromatic hydroxyl groups is 1. The molecule has 1 amide bonds. The molecule has 0 aliphatic rings. The maximum Gasteiger partial charge on any atom is 0.256 e. The molecule has 2 aromatic heterocycles. The Balaban J connectivity index is 1.50. The Bertz CT molecular complexity index is 1140. The van der Waals surface area contributed by atoms with Crippen LogP contribution in [-0.2, 0) is 6.54 Å². The molecule has 8 heteroatoms. The van der Waals surface area contributed by atoms with Gasteiger partial charge in [0.1, 0.15) is 17.1 Å². The first-order chi connectivity index (χ1) is 14.6. The average molecular weight is 400 g/mol. The van der Waals surface area contributed by atoms with Crippen LogP contribution >= 0.6 is 0 Å². The van der Waals surface area contributed by atoms with Gasteiger partial charge in [-0.2, -0.15) is 5.10 Å². The van der Waals surface area contributed by atoms with E-state index in [1.165, 1.54) is 0 Å². The molecule has 0 saturated heterocycles. The Kier molecular flexibility index (Phi) is 5.29. The third-order valence-corrected chi connectivity index (χ3v) is 4.53. The van der Waals surface area contributed by atoms with E-state index < -0.39 is 5.91 Å². The van der Waals surface area contributed by atoms with Gasteiger partial charge in [-0.25, -0.2) is 0 Å². The van der Waals surface area contributed by atoms with E-state index in [0.717, 1.165) is 22.5 Å². The zero-order valence-electron chi connectivity index (χ0n) is 16.0. The molecule has 0 radical (unpaired) electrons. The molecule has 4 rings (SSSR count). The fourth-order valence-electron chi connectivity index (χ4n) is 3.00. The predicted octanol–water partition coefficient (Wildman–Crippen LogP) is 3.63. The summed E-state index contributed by atoms with van der Waals surface area (Å²) in [6, 6.07) is 20.1. The number of pyridine rings is 1. The molecule has 2 heterocycles. The minimum atomic E-state index is -0.607.